The van der Waals surface area contributed by atoms with Crippen LogP contribution in [0.3, 0.4) is 0 Å². The molecule has 1 amide bonds. The number of carbonyl (C=O) groups excluding carboxylic acids is 1. The second-order valence-electron chi connectivity index (χ2n) is 6.55. The number of benzene rings is 1. The minimum atomic E-state index is 0.0591. The molecule has 1 fully saturated rings. The number of likely N-dealkylation sites (N-methyl/N-ethyl adjacent to an activating group) is 1. The topological polar surface area (TPSA) is 50.6 Å². The highest BCUT2D eigenvalue weighted by Crippen LogP contribution is 2.30. The van der Waals surface area contributed by atoms with Crippen LogP contribution < -0.4 is 0 Å². The standard InChI is InChI=1S/C18H24N4O2/c1-2-21-13-14(7-8-20-9-11-24-12-10-20)17-19-15-5-3-4-6-16(15)22(17)18(21)23/h3-6,14H,2,7-13H2,1H3. The van der Waals surface area contributed by atoms with Crippen LogP contribution in [0, 0.1) is 0 Å². The van der Waals surface area contributed by atoms with Gasteiger partial charge in [0.1, 0.15) is 5.82 Å². The first kappa shape index (κ1) is 15.6. The van der Waals surface area contributed by atoms with E-state index in [2.05, 4.69) is 4.90 Å². The molecule has 2 aliphatic rings. The molecule has 0 saturated carbocycles. The summed E-state index contributed by atoms with van der Waals surface area (Å²) in [5, 5.41) is 0. The molecule has 128 valence electrons. The summed E-state index contributed by atoms with van der Waals surface area (Å²) in [4.78, 5) is 22.0. The molecule has 1 atom stereocenters. The molecule has 3 heterocycles. The zero-order chi connectivity index (χ0) is 16.5. The Labute approximate surface area is 142 Å². The van der Waals surface area contributed by atoms with Gasteiger partial charge in [0, 0.05) is 32.1 Å². The molecular weight excluding hydrogens is 304 g/mol. The molecule has 6 heteroatoms. The lowest BCUT2D eigenvalue weighted by molar-refractivity contribution is 0.0359. The average molecular weight is 328 g/mol. The molecule has 0 radical (unpaired) electrons. The molecule has 1 unspecified atom stereocenters. The van der Waals surface area contributed by atoms with E-state index in [-0.39, 0.29) is 11.9 Å². The van der Waals surface area contributed by atoms with E-state index in [1.807, 2.05) is 40.7 Å². The molecule has 0 bridgehead atoms. The predicted molar refractivity (Wildman–Crippen MR) is 92.4 cm³/mol. The maximum atomic E-state index is 12.8. The van der Waals surface area contributed by atoms with Crippen molar-refractivity contribution in [3.05, 3.63) is 30.1 Å². The Kier molecular flexibility index (Phi) is 4.24. The molecule has 1 saturated heterocycles. The first-order valence-corrected chi connectivity index (χ1v) is 8.84. The van der Waals surface area contributed by atoms with Gasteiger partial charge in [-0.3, -0.25) is 4.90 Å². The van der Waals surface area contributed by atoms with E-state index in [1.54, 1.807) is 0 Å². The van der Waals surface area contributed by atoms with E-state index in [0.29, 0.717) is 0 Å². The number of carbonyl (C=O) groups is 1. The van der Waals surface area contributed by atoms with Crippen molar-refractivity contribution < 1.29 is 9.53 Å². The van der Waals surface area contributed by atoms with Crippen molar-refractivity contribution in [2.24, 2.45) is 0 Å². The summed E-state index contributed by atoms with van der Waals surface area (Å²) in [5.74, 6) is 1.22. The number of hydrogen-bond donors (Lipinski definition) is 0. The summed E-state index contributed by atoms with van der Waals surface area (Å²) in [5.41, 5.74) is 1.84. The number of aromatic nitrogens is 2. The fourth-order valence-electron chi connectivity index (χ4n) is 3.73. The molecule has 1 aromatic heterocycles. The number of rotatable bonds is 4. The third-order valence-corrected chi connectivity index (χ3v) is 5.13. The quantitative estimate of drug-likeness (QED) is 0.863. The van der Waals surface area contributed by atoms with Crippen molar-refractivity contribution in [2.75, 3.05) is 45.9 Å². The molecule has 2 aliphatic heterocycles. The fraction of sp³-hybridized carbons (Fsp3) is 0.556. The number of para-hydroxylation sites is 2. The van der Waals surface area contributed by atoms with Gasteiger partial charge in [-0.05, 0) is 32.0 Å². The summed E-state index contributed by atoms with van der Waals surface area (Å²) >= 11 is 0. The van der Waals surface area contributed by atoms with Crippen LogP contribution in [0.4, 0.5) is 4.79 Å². The maximum Gasteiger partial charge on any atom is 0.330 e. The summed E-state index contributed by atoms with van der Waals surface area (Å²) in [6.45, 7) is 8.22. The Bertz CT molecular complexity index is 736. The van der Waals surface area contributed by atoms with E-state index < -0.39 is 0 Å². The smallest absolute Gasteiger partial charge is 0.330 e. The molecule has 0 spiro atoms. The number of nitrogens with zero attached hydrogens (tertiary/aromatic N) is 4. The largest absolute Gasteiger partial charge is 0.379 e. The van der Waals surface area contributed by atoms with Crippen LogP contribution in [0.25, 0.3) is 11.0 Å². The SMILES string of the molecule is CCN1CC(CCN2CCOCC2)c2nc3ccccc3n2C1=O. The van der Waals surface area contributed by atoms with Gasteiger partial charge >= 0.3 is 6.03 Å². The van der Waals surface area contributed by atoms with Crippen LogP contribution in [-0.2, 0) is 4.74 Å². The number of amides is 1. The van der Waals surface area contributed by atoms with Gasteiger partial charge in [-0.25, -0.2) is 14.3 Å². The Morgan fingerprint density at radius 1 is 1.25 bits per heavy atom. The van der Waals surface area contributed by atoms with E-state index >= 15 is 0 Å². The van der Waals surface area contributed by atoms with Gasteiger partial charge in [0.15, 0.2) is 0 Å². The molecule has 0 aliphatic carbocycles. The molecule has 0 N–H and O–H groups in total. The fourth-order valence-corrected chi connectivity index (χ4v) is 3.73. The number of hydrogen-bond acceptors (Lipinski definition) is 4. The highest BCUT2D eigenvalue weighted by molar-refractivity contribution is 5.91. The normalized spacial score (nSPS) is 22.1. The predicted octanol–water partition coefficient (Wildman–Crippen LogP) is 2.15. The van der Waals surface area contributed by atoms with Crippen LogP contribution in [0.5, 0.6) is 0 Å². The van der Waals surface area contributed by atoms with Crippen molar-refractivity contribution in [3.8, 4) is 0 Å². The highest BCUT2D eigenvalue weighted by Gasteiger charge is 2.33. The highest BCUT2D eigenvalue weighted by atomic mass is 16.5. The molecule has 6 nitrogen and oxygen atoms in total. The zero-order valence-corrected chi connectivity index (χ0v) is 14.1. The third-order valence-electron chi connectivity index (χ3n) is 5.13. The van der Waals surface area contributed by atoms with E-state index in [9.17, 15) is 4.79 Å². The molecule has 1 aromatic carbocycles. The molecule has 4 rings (SSSR count). The third kappa shape index (κ3) is 2.70. The first-order valence-electron chi connectivity index (χ1n) is 8.84. The average Bonchev–Trinajstić information content (AvgIpc) is 3.02. The van der Waals surface area contributed by atoms with Crippen LogP contribution in [-0.4, -0.2) is 71.3 Å². The Hall–Kier alpha value is -1.92. The monoisotopic (exact) mass is 328 g/mol. The van der Waals surface area contributed by atoms with Gasteiger partial charge in [0.05, 0.1) is 24.2 Å². The first-order chi connectivity index (χ1) is 11.8. The van der Waals surface area contributed by atoms with Gasteiger partial charge in [0.25, 0.3) is 0 Å². The van der Waals surface area contributed by atoms with Crippen LogP contribution >= 0.6 is 0 Å². The van der Waals surface area contributed by atoms with Crippen LogP contribution in [0.2, 0.25) is 0 Å². The number of ether oxygens (including phenoxy) is 1. The lowest BCUT2D eigenvalue weighted by Gasteiger charge is -2.34. The molecule has 24 heavy (non-hydrogen) atoms. The van der Waals surface area contributed by atoms with Crippen LogP contribution in [0.15, 0.2) is 24.3 Å². The number of imidazole rings is 1. The minimum absolute atomic E-state index is 0.0591. The lowest BCUT2D eigenvalue weighted by Crippen LogP contribution is -2.45. The maximum absolute atomic E-state index is 12.8. The van der Waals surface area contributed by atoms with Crippen molar-refractivity contribution in [2.45, 2.75) is 19.3 Å². The molecule has 2 aromatic rings. The van der Waals surface area contributed by atoms with Gasteiger partial charge < -0.3 is 9.64 Å². The van der Waals surface area contributed by atoms with E-state index in [0.717, 1.165) is 69.2 Å². The van der Waals surface area contributed by atoms with Crippen LogP contribution in [0.1, 0.15) is 25.1 Å². The zero-order valence-electron chi connectivity index (χ0n) is 14.1. The van der Waals surface area contributed by atoms with Crippen molar-refractivity contribution in [3.63, 3.8) is 0 Å². The van der Waals surface area contributed by atoms with Gasteiger partial charge in [0.2, 0.25) is 0 Å². The Balaban J connectivity index is 1.63. The second-order valence-corrected chi connectivity index (χ2v) is 6.55. The van der Waals surface area contributed by atoms with E-state index in [4.69, 9.17) is 9.72 Å². The van der Waals surface area contributed by atoms with Crippen molar-refractivity contribution in [1.82, 2.24) is 19.4 Å². The lowest BCUT2D eigenvalue weighted by atomic mass is 10.0. The second kappa shape index (κ2) is 6.53. The Morgan fingerprint density at radius 2 is 2.04 bits per heavy atom. The summed E-state index contributed by atoms with van der Waals surface area (Å²) < 4.78 is 7.25. The van der Waals surface area contributed by atoms with Crippen molar-refractivity contribution in [1.29, 1.82) is 0 Å². The van der Waals surface area contributed by atoms with Gasteiger partial charge in [-0.1, -0.05) is 12.1 Å². The molecular formula is C18H24N4O2. The number of fused-ring (bicyclic) bond motifs is 3. The van der Waals surface area contributed by atoms with E-state index in [1.165, 1.54) is 0 Å². The summed E-state index contributed by atoms with van der Waals surface area (Å²) in [7, 11) is 0. The van der Waals surface area contributed by atoms with Gasteiger partial charge in [-0.15, -0.1) is 0 Å². The number of morpholine rings is 1. The summed E-state index contributed by atoms with van der Waals surface area (Å²) in [6, 6.07) is 7.99. The van der Waals surface area contributed by atoms with Crippen molar-refractivity contribution >= 4 is 17.1 Å². The minimum Gasteiger partial charge on any atom is -0.379 e. The summed E-state index contributed by atoms with van der Waals surface area (Å²) in [6.07, 6.45) is 1.02. The van der Waals surface area contributed by atoms with Gasteiger partial charge in [-0.2, -0.15) is 0 Å². The Morgan fingerprint density at radius 3 is 2.83 bits per heavy atom.